The minimum atomic E-state index is 0.750. The summed E-state index contributed by atoms with van der Waals surface area (Å²) in [5.41, 5.74) is 11.0. The minimum Gasteiger partial charge on any atom is -0.330 e. The molecule has 0 aromatic heterocycles. The molecular formula is C15H21N. The highest BCUT2D eigenvalue weighted by molar-refractivity contribution is 5.28. The minimum absolute atomic E-state index is 0.750. The Bertz CT molecular complexity index is 373. The molecule has 0 aliphatic heterocycles. The summed E-state index contributed by atoms with van der Waals surface area (Å²) in [6.07, 6.45) is 10.7. The lowest BCUT2D eigenvalue weighted by Crippen LogP contribution is -2.09. The maximum atomic E-state index is 5.87. The molecule has 0 aromatic rings. The zero-order valence-electron chi connectivity index (χ0n) is 10.0. The fraction of sp³-hybridized carbons (Fsp3) is 0.667. The second kappa shape index (κ2) is 3.91. The van der Waals surface area contributed by atoms with Gasteiger partial charge in [0.2, 0.25) is 0 Å². The topological polar surface area (TPSA) is 26.0 Å². The summed E-state index contributed by atoms with van der Waals surface area (Å²) in [7, 11) is 0. The summed E-state index contributed by atoms with van der Waals surface area (Å²) in [4.78, 5) is 0. The molecule has 0 aromatic carbocycles. The quantitative estimate of drug-likeness (QED) is 0.704. The first-order valence-corrected chi connectivity index (χ1v) is 6.70. The van der Waals surface area contributed by atoms with E-state index in [-0.39, 0.29) is 0 Å². The molecule has 0 heterocycles. The van der Waals surface area contributed by atoms with Gasteiger partial charge in [-0.15, -0.1) is 5.73 Å². The lowest BCUT2D eigenvalue weighted by molar-refractivity contribution is 0.505. The molecule has 1 nitrogen and oxygen atoms in total. The molecule has 2 fully saturated rings. The van der Waals surface area contributed by atoms with Crippen LogP contribution in [0, 0.1) is 29.6 Å². The van der Waals surface area contributed by atoms with Gasteiger partial charge in [0.1, 0.15) is 0 Å². The molecule has 0 saturated heterocycles. The fourth-order valence-electron chi connectivity index (χ4n) is 3.95. The summed E-state index contributed by atoms with van der Waals surface area (Å²) in [5.74, 6) is 3.95. The summed E-state index contributed by atoms with van der Waals surface area (Å²) >= 11 is 0. The van der Waals surface area contributed by atoms with Crippen LogP contribution >= 0.6 is 0 Å². The first-order chi connectivity index (χ1) is 7.86. The van der Waals surface area contributed by atoms with Crippen molar-refractivity contribution >= 4 is 0 Å². The van der Waals surface area contributed by atoms with E-state index in [1.54, 1.807) is 5.57 Å². The van der Waals surface area contributed by atoms with Crippen LogP contribution in [0.4, 0.5) is 0 Å². The monoisotopic (exact) mass is 215 g/mol. The van der Waals surface area contributed by atoms with Crippen molar-refractivity contribution in [2.24, 2.45) is 35.3 Å². The third-order valence-electron chi connectivity index (χ3n) is 4.87. The summed E-state index contributed by atoms with van der Waals surface area (Å²) < 4.78 is 0. The average Bonchev–Trinajstić information content (AvgIpc) is 2.82. The first-order valence-electron chi connectivity index (χ1n) is 6.70. The van der Waals surface area contributed by atoms with Crippen molar-refractivity contribution in [3.05, 3.63) is 29.5 Å². The molecule has 86 valence electrons. The zero-order chi connectivity index (χ0) is 11.1. The van der Waals surface area contributed by atoms with Gasteiger partial charge in [0, 0.05) is 0 Å². The van der Waals surface area contributed by atoms with E-state index in [0.717, 1.165) is 36.1 Å². The van der Waals surface area contributed by atoms with Crippen LogP contribution in [0.5, 0.6) is 0 Å². The average molecular weight is 215 g/mol. The summed E-state index contributed by atoms with van der Waals surface area (Å²) in [6, 6.07) is 0. The number of allylic oxidation sites excluding steroid dienone is 3. The fourth-order valence-corrected chi connectivity index (χ4v) is 3.95. The van der Waals surface area contributed by atoms with E-state index >= 15 is 0 Å². The van der Waals surface area contributed by atoms with Crippen LogP contribution < -0.4 is 5.73 Å². The Morgan fingerprint density at radius 1 is 1.44 bits per heavy atom. The van der Waals surface area contributed by atoms with Crippen molar-refractivity contribution in [3.8, 4) is 0 Å². The summed E-state index contributed by atoms with van der Waals surface area (Å²) in [6.45, 7) is 3.17. The molecule has 4 unspecified atom stereocenters. The van der Waals surface area contributed by atoms with Crippen LogP contribution in [0.15, 0.2) is 29.5 Å². The Labute approximate surface area is 98.1 Å². The maximum Gasteiger partial charge on any atom is -0.00400 e. The molecule has 3 aliphatic rings. The van der Waals surface area contributed by atoms with Crippen molar-refractivity contribution in [1.29, 1.82) is 0 Å². The number of rotatable bonds is 2. The van der Waals surface area contributed by atoms with Crippen molar-refractivity contribution in [1.82, 2.24) is 0 Å². The van der Waals surface area contributed by atoms with Crippen LogP contribution in [0.1, 0.15) is 26.2 Å². The van der Waals surface area contributed by atoms with Crippen LogP contribution in [0.25, 0.3) is 0 Å². The molecule has 0 spiro atoms. The van der Waals surface area contributed by atoms with Crippen molar-refractivity contribution < 1.29 is 0 Å². The molecule has 1 heteroatoms. The lowest BCUT2D eigenvalue weighted by Gasteiger charge is -2.14. The van der Waals surface area contributed by atoms with Gasteiger partial charge in [0.05, 0.1) is 0 Å². The predicted octanol–water partition coefficient (Wildman–Crippen LogP) is 2.89. The Hall–Kier alpha value is -0.780. The van der Waals surface area contributed by atoms with Crippen molar-refractivity contribution in [2.45, 2.75) is 26.2 Å². The normalized spacial score (nSPS) is 44.4. The first kappa shape index (κ1) is 10.4. The third kappa shape index (κ3) is 1.43. The Morgan fingerprint density at radius 3 is 3.06 bits per heavy atom. The van der Waals surface area contributed by atoms with E-state index in [2.05, 4.69) is 30.9 Å². The molecule has 0 radical (unpaired) electrons. The number of nitrogens with two attached hydrogens (primary N) is 1. The van der Waals surface area contributed by atoms with E-state index in [0.29, 0.717) is 0 Å². The summed E-state index contributed by atoms with van der Waals surface area (Å²) in [5, 5.41) is 0. The van der Waals surface area contributed by atoms with E-state index in [9.17, 15) is 0 Å². The SMILES string of the molecule is CCC1CC[C@H]2C1=C=CC=CC1C(CN)C12. The molecule has 3 rings (SSSR count). The molecule has 16 heavy (non-hydrogen) atoms. The molecule has 0 amide bonds. The second-order valence-electron chi connectivity index (χ2n) is 5.49. The third-order valence-corrected chi connectivity index (χ3v) is 4.87. The highest BCUT2D eigenvalue weighted by Crippen LogP contribution is 2.58. The van der Waals surface area contributed by atoms with Gasteiger partial charge >= 0.3 is 0 Å². The Kier molecular flexibility index (Phi) is 2.53. The van der Waals surface area contributed by atoms with Crippen molar-refractivity contribution in [3.63, 3.8) is 0 Å². The Morgan fingerprint density at radius 2 is 2.31 bits per heavy atom. The van der Waals surface area contributed by atoms with Crippen LogP contribution in [0.3, 0.4) is 0 Å². The van der Waals surface area contributed by atoms with Gasteiger partial charge in [-0.3, -0.25) is 0 Å². The van der Waals surface area contributed by atoms with Crippen LogP contribution in [0.2, 0.25) is 0 Å². The highest BCUT2D eigenvalue weighted by Gasteiger charge is 2.54. The van der Waals surface area contributed by atoms with Gasteiger partial charge in [-0.2, -0.15) is 0 Å². The van der Waals surface area contributed by atoms with Gasteiger partial charge in [-0.05, 0) is 67.0 Å². The molecular weight excluding hydrogens is 194 g/mol. The number of hydrogen-bond donors (Lipinski definition) is 1. The van der Waals surface area contributed by atoms with E-state index in [4.69, 9.17) is 5.73 Å². The highest BCUT2D eigenvalue weighted by atomic mass is 14.7. The standard InChI is InChI=1S/C15H21N/c1-2-10-7-8-13-11(10)5-3-4-6-12-14(9-16)15(12)13/h3-4,6,10,12-15H,2,7-9,16H2,1H3/t5?,10?,12?,13-,14?,15?/m0/s1. The maximum absolute atomic E-state index is 5.87. The largest absolute Gasteiger partial charge is 0.330 e. The number of hydrogen-bond acceptors (Lipinski definition) is 1. The molecule has 5 atom stereocenters. The number of fused-ring (bicyclic) bond motifs is 3. The predicted molar refractivity (Wildman–Crippen MR) is 66.8 cm³/mol. The zero-order valence-corrected chi connectivity index (χ0v) is 10.0. The molecule has 2 saturated carbocycles. The van der Waals surface area contributed by atoms with Crippen LogP contribution in [-0.4, -0.2) is 6.54 Å². The van der Waals surface area contributed by atoms with E-state index in [1.807, 2.05) is 0 Å². The second-order valence-corrected chi connectivity index (χ2v) is 5.49. The molecule has 2 N–H and O–H groups in total. The van der Waals surface area contributed by atoms with E-state index in [1.165, 1.54) is 19.3 Å². The van der Waals surface area contributed by atoms with E-state index < -0.39 is 0 Å². The van der Waals surface area contributed by atoms with Gasteiger partial charge in [-0.25, -0.2) is 0 Å². The van der Waals surface area contributed by atoms with Gasteiger partial charge < -0.3 is 5.73 Å². The van der Waals surface area contributed by atoms with Gasteiger partial charge in [-0.1, -0.05) is 19.1 Å². The molecule has 3 aliphatic carbocycles. The van der Waals surface area contributed by atoms with Crippen LogP contribution in [-0.2, 0) is 0 Å². The molecule has 0 bridgehead atoms. The lowest BCUT2D eigenvalue weighted by atomic mass is 9.90. The Balaban J connectivity index is 1.93. The van der Waals surface area contributed by atoms with Gasteiger partial charge in [0.15, 0.2) is 0 Å². The van der Waals surface area contributed by atoms with Crippen molar-refractivity contribution in [2.75, 3.05) is 6.54 Å². The smallest absolute Gasteiger partial charge is 0.00400 e. The van der Waals surface area contributed by atoms with Gasteiger partial charge in [0.25, 0.3) is 0 Å².